The molecule has 2 aromatic rings. The van der Waals surface area contributed by atoms with Crippen molar-refractivity contribution in [2.45, 2.75) is 19.3 Å². The second-order valence-electron chi connectivity index (χ2n) is 5.32. The Balaban J connectivity index is 2.26. The lowest BCUT2D eigenvalue weighted by Gasteiger charge is -2.26. The fraction of sp³-hybridized carbons (Fsp3) is 0.250. The molecular weight excluding hydrogens is 325 g/mol. The summed E-state index contributed by atoms with van der Waals surface area (Å²) in [6, 6.07) is 6.75. The van der Waals surface area contributed by atoms with Gasteiger partial charge in [0.25, 0.3) is 5.56 Å². The third-order valence-electron chi connectivity index (χ3n) is 3.95. The van der Waals surface area contributed by atoms with Crippen LogP contribution in [0.2, 0.25) is 10.0 Å². The second kappa shape index (κ2) is 5.45. The molecule has 1 unspecified atom stereocenters. The van der Waals surface area contributed by atoms with E-state index in [4.69, 9.17) is 27.9 Å². The summed E-state index contributed by atoms with van der Waals surface area (Å²) in [6.07, 6.45) is 0.0760. The lowest BCUT2D eigenvalue weighted by Crippen LogP contribution is -2.32. The van der Waals surface area contributed by atoms with Gasteiger partial charge in [-0.3, -0.25) is 9.59 Å². The van der Waals surface area contributed by atoms with E-state index in [1.807, 2.05) is 0 Å². The molecule has 3 rings (SSSR count). The van der Waals surface area contributed by atoms with E-state index in [0.717, 1.165) is 5.69 Å². The number of hydrogen-bond donors (Lipinski definition) is 0. The number of hydrogen-bond acceptors (Lipinski definition) is 3. The van der Waals surface area contributed by atoms with Crippen LogP contribution in [0.1, 0.15) is 29.2 Å². The molecule has 6 heteroatoms. The normalized spacial score (nSPS) is 17.1. The molecule has 1 aromatic carbocycles. The van der Waals surface area contributed by atoms with Gasteiger partial charge in [0.05, 0.1) is 12.0 Å². The molecule has 114 valence electrons. The maximum Gasteiger partial charge on any atom is 0.312 e. The molecule has 0 amide bonds. The Labute approximate surface area is 137 Å². The molecule has 0 bridgehead atoms. The number of aromatic nitrogens is 1. The van der Waals surface area contributed by atoms with Crippen LogP contribution >= 0.6 is 23.2 Å². The van der Waals surface area contributed by atoms with Crippen LogP contribution < -0.4 is 10.3 Å². The van der Waals surface area contributed by atoms with Crippen molar-refractivity contribution in [1.29, 1.82) is 0 Å². The average Bonchev–Trinajstić information content (AvgIpc) is 2.44. The van der Waals surface area contributed by atoms with Crippen LogP contribution in [0, 0.1) is 6.92 Å². The zero-order valence-electron chi connectivity index (χ0n) is 12.0. The molecule has 0 spiro atoms. The van der Waals surface area contributed by atoms with Crippen molar-refractivity contribution in [2.75, 3.05) is 0 Å². The highest BCUT2D eigenvalue weighted by molar-refractivity contribution is 6.35. The zero-order valence-corrected chi connectivity index (χ0v) is 13.5. The average molecular weight is 338 g/mol. The first kappa shape index (κ1) is 15.1. The van der Waals surface area contributed by atoms with Crippen molar-refractivity contribution in [2.24, 2.45) is 7.05 Å². The number of carbonyl (C=O) groups is 1. The Bertz CT molecular complexity index is 842. The SMILES string of the molecule is Cc1cc2c(c(=O)n1C)C(c1ccc(Cl)cc1Cl)CC(=O)O2. The van der Waals surface area contributed by atoms with E-state index in [2.05, 4.69) is 0 Å². The summed E-state index contributed by atoms with van der Waals surface area (Å²) in [7, 11) is 1.69. The third-order valence-corrected chi connectivity index (χ3v) is 4.51. The van der Waals surface area contributed by atoms with Crippen LogP contribution in [0.3, 0.4) is 0 Å². The summed E-state index contributed by atoms with van der Waals surface area (Å²) < 4.78 is 6.78. The fourth-order valence-corrected chi connectivity index (χ4v) is 3.24. The summed E-state index contributed by atoms with van der Waals surface area (Å²) in [5.74, 6) is -0.496. The highest BCUT2D eigenvalue weighted by Crippen LogP contribution is 2.40. The number of esters is 1. The molecule has 2 heterocycles. The maximum atomic E-state index is 12.6. The molecule has 0 saturated heterocycles. The number of fused-ring (bicyclic) bond motifs is 1. The number of carbonyl (C=O) groups excluding carboxylic acids is 1. The van der Waals surface area contributed by atoms with Gasteiger partial charge in [0.15, 0.2) is 0 Å². The molecule has 1 aliphatic rings. The molecule has 1 atom stereocenters. The van der Waals surface area contributed by atoms with Gasteiger partial charge in [-0.05, 0) is 24.6 Å². The van der Waals surface area contributed by atoms with Crippen molar-refractivity contribution in [1.82, 2.24) is 4.57 Å². The van der Waals surface area contributed by atoms with Crippen molar-refractivity contribution in [3.8, 4) is 5.75 Å². The molecular formula is C16H13Cl2NO3. The molecule has 1 aliphatic heterocycles. The first-order valence-corrected chi connectivity index (χ1v) is 7.50. The maximum absolute atomic E-state index is 12.6. The smallest absolute Gasteiger partial charge is 0.312 e. The minimum absolute atomic E-state index is 0.0760. The predicted octanol–water partition coefficient (Wildman–Crippen LogP) is 3.44. The number of rotatable bonds is 1. The van der Waals surface area contributed by atoms with E-state index in [-0.39, 0.29) is 17.9 Å². The molecule has 1 aromatic heterocycles. The highest BCUT2D eigenvalue weighted by atomic mass is 35.5. The number of ether oxygens (including phenoxy) is 1. The van der Waals surface area contributed by atoms with Gasteiger partial charge >= 0.3 is 5.97 Å². The standard InChI is InChI=1S/C16H13Cl2NO3/c1-8-5-13-15(16(21)19(8)2)11(7-14(20)22-13)10-4-3-9(17)6-12(10)18/h3-6,11H,7H2,1-2H3. The van der Waals surface area contributed by atoms with Gasteiger partial charge in [-0.2, -0.15) is 0 Å². The molecule has 0 N–H and O–H groups in total. The van der Waals surface area contributed by atoms with Gasteiger partial charge in [0, 0.05) is 34.8 Å². The minimum atomic E-state index is -0.430. The van der Waals surface area contributed by atoms with E-state index in [9.17, 15) is 9.59 Å². The zero-order chi connectivity index (χ0) is 16.0. The van der Waals surface area contributed by atoms with E-state index >= 15 is 0 Å². The highest BCUT2D eigenvalue weighted by Gasteiger charge is 2.33. The monoisotopic (exact) mass is 337 g/mol. The predicted molar refractivity (Wildman–Crippen MR) is 85.0 cm³/mol. The van der Waals surface area contributed by atoms with Crippen molar-refractivity contribution in [3.05, 3.63) is 61.5 Å². The molecule has 0 radical (unpaired) electrons. The lowest BCUT2D eigenvalue weighted by molar-refractivity contribution is -0.135. The Hall–Kier alpha value is -1.78. The van der Waals surface area contributed by atoms with E-state index in [0.29, 0.717) is 26.9 Å². The number of benzene rings is 1. The first-order chi connectivity index (χ1) is 10.4. The Morgan fingerprint density at radius 1 is 1.23 bits per heavy atom. The number of nitrogens with zero attached hydrogens (tertiary/aromatic N) is 1. The summed E-state index contributed by atoms with van der Waals surface area (Å²) in [5.41, 5.74) is 1.69. The van der Waals surface area contributed by atoms with E-state index in [1.165, 1.54) is 4.57 Å². The lowest BCUT2D eigenvalue weighted by atomic mass is 9.87. The molecule has 0 fully saturated rings. The van der Waals surface area contributed by atoms with Crippen LogP contribution in [0.4, 0.5) is 0 Å². The van der Waals surface area contributed by atoms with Gasteiger partial charge in [-0.15, -0.1) is 0 Å². The minimum Gasteiger partial charge on any atom is -0.426 e. The quantitative estimate of drug-likeness (QED) is 0.749. The van der Waals surface area contributed by atoms with Crippen molar-refractivity contribution >= 4 is 29.2 Å². The van der Waals surface area contributed by atoms with Crippen molar-refractivity contribution < 1.29 is 9.53 Å². The van der Waals surface area contributed by atoms with Gasteiger partial charge in [-0.1, -0.05) is 29.3 Å². The Kier molecular flexibility index (Phi) is 3.75. The second-order valence-corrected chi connectivity index (χ2v) is 6.17. The first-order valence-electron chi connectivity index (χ1n) is 6.74. The van der Waals surface area contributed by atoms with Crippen LogP contribution in [0.5, 0.6) is 5.75 Å². The van der Waals surface area contributed by atoms with Crippen LogP contribution in [0.25, 0.3) is 0 Å². The Morgan fingerprint density at radius 3 is 2.64 bits per heavy atom. The topological polar surface area (TPSA) is 48.3 Å². The Morgan fingerprint density at radius 2 is 1.95 bits per heavy atom. The van der Waals surface area contributed by atoms with Gasteiger partial charge in [0.1, 0.15) is 5.75 Å². The number of halogens is 2. The van der Waals surface area contributed by atoms with Crippen LogP contribution in [-0.4, -0.2) is 10.5 Å². The largest absolute Gasteiger partial charge is 0.426 e. The van der Waals surface area contributed by atoms with Gasteiger partial charge in [0.2, 0.25) is 0 Å². The number of pyridine rings is 1. The summed E-state index contributed by atoms with van der Waals surface area (Å²) in [6.45, 7) is 1.79. The molecule has 0 aliphatic carbocycles. The summed E-state index contributed by atoms with van der Waals surface area (Å²) >= 11 is 12.2. The molecule has 4 nitrogen and oxygen atoms in total. The van der Waals surface area contributed by atoms with E-state index < -0.39 is 5.92 Å². The molecule has 22 heavy (non-hydrogen) atoms. The van der Waals surface area contributed by atoms with Gasteiger partial charge < -0.3 is 9.30 Å². The number of aryl methyl sites for hydroxylation is 1. The molecule has 0 saturated carbocycles. The summed E-state index contributed by atoms with van der Waals surface area (Å²) in [5, 5.41) is 0.935. The van der Waals surface area contributed by atoms with Crippen molar-refractivity contribution in [3.63, 3.8) is 0 Å². The van der Waals surface area contributed by atoms with E-state index in [1.54, 1.807) is 38.2 Å². The third kappa shape index (κ3) is 2.42. The summed E-state index contributed by atoms with van der Waals surface area (Å²) in [4.78, 5) is 24.5. The van der Waals surface area contributed by atoms with Crippen LogP contribution in [-0.2, 0) is 11.8 Å². The fourth-order valence-electron chi connectivity index (χ4n) is 2.70. The van der Waals surface area contributed by atoms with Gasteiger partial charge in [-0.25, -0.2) is 0 Å². The van der Waals surface area contributed by atoms with Crippen LogP contribution in [0.15, 0.2) is 29.1 Å².